The standard InChI is InChI=1S/C43H60ClN3O6/c1-25(2)34-27(48)22-42(18-15-32(49)47-31-11-10-26(44)24-46-31)21-20-41(9)40(8)17-12-28-38(5,6)30(53-33(50)23-37(3,4)36(51)52)14-16-39(28,7)29(40)13-19-43(41,45)35(34)42/h10-11,15,18,24-25,28-30H,12-14,16-17,19-23,45H2,1-9H3,(H,51,52)(H,46,47,49)/b18-15+/t28-,29+,30-,39-,40+,41-,42-,43-/m0/s1. The number of carboxylic acid groups (broad SMARTS) is 1. The molecule has 0 bridgehead atoms. The van der Waals surface area contributed by atoms with Crippen molar-refractivity contribution >= 4 is 41.0 Å². The van der Waals surface area contributed by atoms with E-state index in [2.05, 4.69) is 58.8 Å². The molecule has 8 atom stereocenters. The second-order valence-electron chi connectivity index (χ2n) is 19.5. The quantitative estimate of drug-likeness (QED) is 0.177. The largest absolute Gasteiger partial charge is 0.481 e. The number of carboxylic acids is 1. The van der Waals surface area contributed by atoms with Gasteiger partial charge in [-0.3, -0.25) is 19.2 Å². The van der Waals surface area contributed by atoms with Gasteiger partial charge in [-0.2, -0.15) is 0 Å². The summed E-state index contributed by atoms with van der Waals surface area (Å²) in [4.78, 5) is 56.3. The fourth-order valence-electron chi connectivity index (χ4n) is 12.7. The third-order valence-corrected chi connectivity index (χ3v) is 15.9. The van der Waals surface area contributed by atoms with Crippen LogP contribution in [0.15, 0.2) is 41.6 Å². The number of fused-ring (bicyclic) bond motifs is 7. The summed E-state index contributed by atoms with van der Waals surface area (Å²) in [5, 5.41) is 12.9. The van der Waals surface area contributed by atoms with E-state index in [-0.39, 0.29) is 51.8 Å². The van der Waals surface area contributed by atoms with Crippen molar-refractivity contribution in [3.63, 3.8) is 0 Å². The van der Waals surface area contributed by atoms with Crippen LogP contribution in [-0.4, -0.2) is 45.4 Å². The number of halogens is 1. The van der Waals surface area contributed by atoms with Gasteiger partial charge in [0.25, 0.3) is 0 Å². The molecule has 290 valence electrons. The molecule has 0 unspecified atom stereocenters. The van der Waals surface area contributed by atoms with Crippen LogP contribution in [0.2, 0.25) is 5.02 Å². The summed E-state index contributed by atoms with van der Waals surface area (Å²) >= 11 is 5.99. The highest BCUT2D eigenvalue weighted by Gasteiger charge is 2.73. The average molecular weight is 750 g/mol. The molecule has 53 heavy (non-hydrogen) atoms. The molecule has 5 aliphatic rings. The molecule has 0 aromatic carbocycles. The zero-order valence-electron chi connectivity index (χ0n) is 33.2. The molecule has 5 aliphatic carbocycles. The Balaban J connectivity index is 1.31. The van der Waals surface area contributed by atoms with Crippen LogP contribution in [0.4, 0.5) is 5.82 Å². The van der Waals surface area contributed by atoms with Gasteiger partial charge < -0.3 is 20.9 Å². The minimum Gasteiger partial charge on any atom is -0.481 e. The van der Waals surface area contributed by atoms with E-state index >= 15 is 0 Å². The number of aromatic nitrogens is 1. The highest BCUT2D eigenvalue weighted by molar-refractivity contribution is 6.30. The number of nitrogens with two attached hydrogens (primary N) is 1. The van der Waals surface area contributed by atoms with Gasteiger partial charge in [0.2, 0.25) is 5.91 Å². The van der Waals surface area contributed by atoms with Crippen LogP contribution in [0, 0.1) is 50.2 Å². The molecule has 4 fully saturated rings. The van der Waals surface area contributed by atoms with Crippen LogP contribution in [0.25, 0.3) is 0 Å². The Kier molecular flexibility index (Phi) is 9.75. The van der Waals surface area contributed by atoms with Gasteiger partial charge in [-0.1, -0.05) is 66.1 Å². The second kappa shape index (κ2) is 13.0. The number of pyridine rings is 1. The van der Waals surface area contributed by atoms with Crippen LogP contribution in [0.1, 0.15) is 127 Å². The average Bonchev–Trinajstić information content (AvgIpc) is 3.37. The lowest BCUT2D eigenvalue weighted by molar-refractivity contribution is -0.236. The topological polar surface area (TPSA) is 149 Å². The monoisotopic (exact) mass is 749 g/mol. The van der Waals surface area contributed by atoms with Crippen LogP contribution in [-0.2, 0) is 23.9 Å². The Hall–Kier alpha value is -3.04. The van der Waals surface area contributed by atoms with E-state index < -0.39 is 28.3 Å². The number of allylic oxidation sites excluding steroid dienone is 2. The summed E-state index contributed by atoms with van der Waals surface area (Å²) in [5.74, 6) is -0.547. The van der Waals surface area contributed by atoms with E-state index in [1.54, 1.807) is 32.1 Å². The maximum atomic E-state index is 14.0. The van der Waals surface area contributed by atoms with Crippen LogP contribution in [0.5, 0.6) is 0 Å². The summed E-state index contributed by atoms with van der Waals surface area (Å²) in [7, 11) is 0. The molecule has 0 radical (unpaired) electrons. The predicted octanol–water partition coefficient (Wildman–Crippen LogP) is 8.70. The normalized spacial score (nSPS) is 37.8. The number of ether oxygens (including phenoxy) is 1. The molecule has 1 heterocycles. The van der Waals surface area contributed by atoms with Crippen molar-refractivity contribution in [2.24, 2.45) is 56.0 Å². The Labute approximate surface area is 320 Å². The lowest BCUT2D eigenvalue weighted by atomic mass is 9.31. The number of ketones is 1. The van der Waals surface area contributed by atoms with Crippen molar-refractivity contribution in [1.82, 2.24) is 4.98 Å². The number of rotatable bonds is 8. The van der Waals surface area contributed by atoms with Crippen molar-refractivity contribution in [3.8, 4) is 0 Å². The maximum absolute atomic E-state index is 14.0. The molecule has 1 aromatic rings. The smallest absolute Gasteiger partial charge is 0.309 e. The number of esters is 1. The summed E-state index contributed by atoms with van der Waals surface area (Å²) in [6.07, 6.45) is 11.7. The van der Waals surface area contributed by atoms with Crippen molar-refractivity contribution in [2.45, 2.75) is 138 Å². The van der Waals surface area contributed by atoms with Crippen LogP contribution < -0.4 is 11.1 Å². The SMILES string of the molecule is CC(C)C1=C2[C@@](/C=C/C(=O)Nc3ccc(Cl)cn3)(CC[C@]3(C)[C@]2(N)CC[C@@H]2[C@@]4(C)CC[C@H](OC(=O)CC(C)(C)C(=O)O)C(C)(C)[C@@H]4CC[C@]23C)CC1=O. The van der Waals surface area contributed by atoms with Crippen molar-refractivity contribution in [1.29, 1.82) is 0 Å². The highest BCUT2D eigenvalue weighted by atomic mass is 35.5. The van der Waals surface area contributed by atoms with Crippen molar-refractivity contribution < 1.29 is 29.0 Å². The predicted molar refractivity (Wildman–Crippen MR) is 206 cm³/mol. The van der Waals surface area contributed by atoms with Gasteiger partial charge in [0.1, 0.15) is 11.9 Å². The van der Waals surface area contributed by atoms with Gasteiger partial charge in [-0.15, -0.1) is 0 Å². The molecule has 0 saturated heterocycles. The minimum absolute atomic E-state index is 0.00119. The van der Waals surface area contributed by atoms with E-state index in [0.717, 1.165) is 62.5 Å². The summed E-state index contributed by atoms with van der Waals surface area (Å²) in [5.41, 5.74) is 6.55. The third-order valence-electron chi connectivity index (χ3n) is 15.7. The molecule has 9 nitrogen and oxygen atoms in total. The first kappa shape index (κ1) is 39.6. The fraction of sp³-hybridized carbons (Fsp3) is 0.698. The Morgan fingerprint density at radius 1 is 1.04 bits per heavy atom. The maximum Gasteiger partial charge on any atom is 0.309 e. The number of hydrogen-bond acceptors (Lipinski definition) is 7. The molecule has 1 aromatic heterocycles. The Morgan fingerprint density at radius 3 is 2.34 bits per heavy atom. The number of Topliss-reactive ketones (excluding diaryl/α,β-unsaturated/α-hetero) is 1. The van der Waals surface area contributed by atoms with E-state index in [9.17, 15) is 24.3 Å². The van der Waals surface area contributed by atoms with E-state index in [0.29, 0.717) is 29.1 Å². The number of anilines is 1. The molecular weight excluding hydrogens is 690 g/mol. The Morgan fingerprint density at radius 2 is 1.72 bits per heavy atom. The summed E-state index contributed by atoms with van der Waals surface area (Å²) < 4.78 is 6.15. The highest BCUT2D eigenvalue weighted by Crippen LogP contribution is 2.77. The Bertz CT molecular complexity index is 1770. The van der Waals surface area contributed by atoms with Gasteiger partial charge >= 0.3 is 11.9 Å². The van der Waals surface area contributed by atoms with Gasteiger partial charge in [-0.05, 0) is 122 Å². The third kappa shape index (κ3) is 6.02. The first-order chi connectivity index (χ1) is 24.5. The molecule has 0 aliphatic heterocycles. The lowest BCUT2D eigenvalue weighted by Crippen LogP contribution is -2.73. The lowest BCUT2D eigenvalue weighted by Gasteiger charge is -2.74. The number of hydrogen-bond donors (Lipinski definition) is 3. The van der Waals surface area contributed by atoms with Gasteiger partial charge in [0, 0.05) is 35.1 Å². The number of amides is 1. The number of nitrogens with zero attached hydrogens (tertiary/aromatic N) is 1. The fourth-order valence-corrected chi connectivity index (χ4v) is 12.8. The van der Waals surface area contributed by atoms with E-state index in [1.165, 1.54) is 6.20 Å². The molecule has 6 rings (SSSR count). The van der Waals surface area contributed by atoms with Crippen molar-refractivity contribution in [3.05, 3.63) is 46.7 Å². The molecule has 1 amide bonds. The number of aliphatic carboxylic acids is 1. The van der Waals surface area contributed by atoms with Gasteiger partial charge in [-0.25, -0.2) is 4.98 Å². The number of carbonyl (C=O) groups excluding carboxylic acids is 3. The van der Waals surface area contributed by atoms with Crippen molar-refractivity contribution in [2.75, 3.05) is 5.32 Å². The second-order valence-corrected chi connectivity index (χ2v) is 19.9. The summed E-state index contributed by atoms with van der Waals surface area (Å²) in [6, 6.07) is 3.34. The number of nitrogens with one attached hydrogen (secondary N) is 1. The molecular formula is C43H60ClN3O6. The van der Waals surface area contributed by atoms with Crippen LogP contribution >= 0.6 is 11.6 Å². The first-order valence-corrected chi connectivity index (χ1v) is 20.0. The van der Waals surface area contributed by atoms with Gasteiger partial charge in [0.15, 0.2) is 5.78 Å². The minimum atomic E-state index is -1.19. The zero-order chi connectivity index (χ0) is 39.2. The summed E-state index contributed by atoms with van der Waals surface area (Å²) in [6.45, 7) is 19.1. The van der Waals surface area contributed by atoms with Gasteiger partial charge in [0.05, 0.1) is 16.9 Å². The van der Waals surface area contributed by atoms with E-state index in [1.807, 2.05) is 6.08 Å². The molecule has 4 N–H and O–H groups in total. The molecule has 0 spiro atoms. The molecule has 10 heteroatoms. The first-order valence-electron chi connectivity index (χ1n) is 19.6. The number of carbonyl (C=O) groups is 4. The van der Waals surface area contributed by atoms with E-state index in [4.69, 9.17) is 22.1 Å². The zero-order valence-corrected chi connectivity index (χ0v) is 33.9. The molecule has 4 saturated carbocycles. The van der Waals surface area contributed by atoms with Crippen LogP contribution in [0.3, 0.4) is 0 Å².